The first-order valence-electron chi connectivity index (χ1n) is 13.0. The van der Waals surface area contributed by atoms with E-state index >= 15 is 0 Å². The molecule has 2 aromatic heterocycles. The van der Waals surface area contributed by atoms with Crippen LogP contribution >= 0.6 is 0 Å². The van der Waals surface area contributed by atoms with Gasteiger partial charge in [0, 0.05) is 45.0 Å². The molecule has 3 aromatic rings. The second-order valence-electron chi connectivity index (χ2n) is 10.2. The lowest BCUT2D eigenvalue weighted by Gasteiger charge is -2.38. The van der Waals surface area contributed by atoms with Gasteiger partial charge in [-0.25, -0.2) is 31.5 Å². The van der Waals surface area contributed by atoms with Crippen molar-refractivity contribution in [1.29, 1.82) is 0 Å². The van der Waals surface area contributed by atoms with Crippen LogP contribution in [0.2, 0.25) is 0 Å². The number of hydrogen-bond acceptors (Lipinski definition) is 10. The topological polar surface area (TPSA) is 165 Å². The summed E-state index contributed by atoms with van der Waals surface area (Å²) in [5, 5.41) is 13.7. The highest BCUT2D eigenvalue weighted by atomic mass is 32.2. The molecule has 0 unspecified atom stereocenters. The largest absolute Gasteiger partial charge is 0.491 e. The molecule has 5 rings (SSSR count). The van der Waals surface area contributed by atoms with E-state index < -0.39 is 31.8 Å². The minimum Gasteiger partial charge on any atom is -0.491 e. The van der Waals surface area contributed by atoms with Gasteiger partial charge in [0.2, 0.25) is 20.0 Å². The first kappa shape index (κ1) is 28.9. The number of ether oxygens (including phenoxy) is 2. The Kier molecular flexibility index (Phi) is 8.16. The number of aromatic nitrogens is 3. The summed E-state index contributed by atoms with van der Waals surface area (Å²) in [4.78, 5) is 8.70. The number of aryl methyl sites for hydroxylation is 1. The number of rotatable bonds is 10. The van der Waals surface area contributed by atoms with E-state index in [1.807, 2.05) is 0 Å². The summed E-state index contributed by atoms with van der Waals surface area (Å²) < 4.78 is 67.7. The maximum Gasteiger partial charge on any atom is 0.244 e. The van der Waals surface area contributed by atoms with E-state index in [2.05, 4.69) is 20.0 Å². The number of aliphatic hydroxyl groups excluding tert-OH is 1. The van der Waals surface area contributed by atoms with Crippen LogP contribution in [0.4, 0.5) is 0 Å². The summed E-state index contributed by atoms with van der Waals surface area (Å²) in [6.07, 6.45) is 4.01. The fourth-order valence-corrected chi connectivity index (χ4v) is 7.32. The highest BCUT2D eigenvalue weighted by Crippen LogP contribution is 2.37. The van der Waals surface area contributed by atoms with Crippen molar-refractivity contribution in [2.24, 2.45) is 7.05 Å². The maximum absolute atomic E-state index is 13.3. The highest BCUT2D eigenvalue weighted by molar-refractivity contribution is 7.89. The van der Waals surface area contributed by atoms with Gasteiger partial charge in [0.15, 0.2) is 5.65 Å². The number of hydrogen-bond donors (Lipinski definition) is 3. The van der Waals surface area contributed by atoms with E-state index in [9.17, 15) is 21.9 Å². The third-order valence-corrected chi connectivity index (χ3v) is 10.8. The van der Waals surface area contributed by atoms with Crippen molar-refractivity contribution in [2.45, 2.75) is 46.8 Å². The number of benzene rings is 1. The Hall–Kier alpha value is -2.66. The predicted octanol–water partition coefficient (Wildman–Crippen LogP) is 0.218. The van der Waals surface area contributed by atoms with Crippen molar-refractivity contribution in [1.82, 2.24) is 28.9 Å². The van der Waals surface area contributed by atoms with Crippen molar-refractivity contribution in [3.63, 3.8) is 0 Å². The zero-order valence-electron chi connectivity index (χ0n) is 22.4. The van der Waals surface area contributed by atoms with E-state index in [0.717, 1.165) is 0 Å². The molecule has 2 saturated heterocycles. The number of imidazole rings is 1. The third-order valence-electron chi connectivity index (χ3n) is 7.48. The quantitative estimate of drug-likeness (QED) is 0.296. The number of sulfonamides is 2. The third kappa shape index (κ3) is 6.00. The van der Waals surface area contributed by atoms with Gasteiger partial charge >= 0.3 is 0 Å². The van der Waals surface area contributed by atoms with Crippen molar-refractivity contribution in [3.05, 3.63) is 42.9 Å². The molecule has 2 aliphatic rings. The van der Waals surface area contributed by atoms with Gasteiger partial charge in [-0.3, -0.25) is 0 Å². The Morgan fingerprint density at radius 1 is 1.18 bits per heavy atom. The predicted molar refractivity (Wildman–Crippen MR) is 146 cm³/mol. The molecule has 218 valence electrons. The molecule has 0 radical (unpaired) electrons. The molecular weight excluding hydrogens is 560 g/mol. The minimum atomic E-state index is -3.70. The van der Waals surface area contributed by atoms with Crippen LogP contribution in [-0.4, -0.2) is 98.4 Å². The Morgan fingerprint density at radius 2 is 1.95 bits per heavy atom. The summed E-state index contributed by atoms with van der Waals surface area (Å²) in [7, 11) is -4.15. The van der Waals surface area contributed by atoms with Crippen molar-refractivity contribution in [2.75, 3.05) is 39.9 Å². The number of aliphatic hydroxyl groups is 1. The van der Waals surface area contributed by atoms with Gasteiger partial charge in [-0.15, -0.1) is 0 Å². The lowest BCUT2D eigenvalue weighted by molar-refractivity contribution is -0.0312. The van der Waals surface area contributed by atoms with Gasteiger partial charge in [-0.2, -0.15) is 4.31 Å². The standard InChI is InChI=1S/C25H34N6O7S2/c1-26-39(33,34)21-5-3-4-20(10-21)37-16-19(32)13-27-18-12-25(38-15-18)6-8-31(9-7-25)40(35,36)22-11-23-24(28-14-22)30(2)17-29-23/h3-5,10-11,14,17-19,26-27,32H,6-9,12-13,15-16H2,1-2H3/t18-,19+/m1/s1. The van der Waals surface area contributed by atoms with E-state index in [4.69, 9.17) is 9.47 Å². The molecule has 4 heterocycles. The zero-order chi connectivity index (χ0) is 28.5. The number of fused-ring (bicyclic) bond motifs is 1. The lowest BCUT2D eigenvalue weighted by Crippen LogP contribution is -2.47. The van der Waals surface area contributed by atoms with Crippen LogP contribution in [0.25, 0.3) is 11.2 Å². The number of nitrogens with one attached hydrogen (secondary N) is 2. The molecule has 2 aliphatic heterocycles. The lowest BCUT2D eigenvalue weighted by atomic mass is 9.88. The first-order valence-corrected chi connectivity index (χ1v) is 15.9. The van der Waals surface area contributed by atoms with Gasteiger partial charge < -0.3 is 24.5 Å². The van der Waals surface area contributed by atoms with Crippen molar-refractivity contribution < 1.29 is 31.4 Å². The van der Waals surface area contributed by atoms with Gasteiger partial charge in [0.1, 0.15) is 28.9 Å². The zero-order valence-corrected chi connectivity index (χ0v) is 24.0. The number of pyridine rings is 1. The van der Waals surface area contributed by atoms with Gasteiger partial charge in [0.05, 0.1) is 23.4 Å². The molecule has 0 bridgehead atoms. The minimum absolute atomic E-state index is 0.0117. The van der Waals surface area contributed by atoms with E-state index in [0.29, 0.717) is 55.9 Å². The Bertz CT molecular complexity index is 1570. The molecular formula is C25H34N6O7S2. The van der Waals surface area contributed by atoms with Crippen LogP contribution < -0.4 is 14.8 Å². The summed E-state index contributed by atoms with van der Waals surface area (Å²) in [6.45, 7) is 1.40. The summed E-state index contributed by atoms with van der Waals surface area (Å²) in [5.41, 5.74) is 0.751. The normalized spacial score (nSPS) is 20.7. The van der Waals surface area contributed by atoms with E-state index in [1.54, 1.807) is 36.1 Å². The average Bonchev–Trinajstić information content (AvgIpc) is 3.53. The molecule has 40 heavy (non-hydrogen) atoms. The fourth-order valence-electron chi connectivity index (χ4n) is 5.15. The van der Waals surface area contributed by atoms with Crippen LogP contribution in [0, 0.1) is 0 Å². The summed E-state index contributed by atoms with van der Waals surface area (Å²) in [6, 6.07) is 7.64. The summed E-state index contributed by atoms with van der Waals surface area (Å²) >= 11 is 0. The van der Waals surface area contributed by atoms with Crippen molar-refractivity contribution in [3.8, 4) is 5.75 Å². The van der Waals surface area contributed by atoms with Gasteiger partial charge in [-0.1, -0.05) is 6.07 Å². The monoisotopic (exact) mass is 594 g/mol. The second kappa shape index (κ2) is 11.3. The SMILES string of the molecule is CNS(=O)(=O)c1cccc(OC[C@@H](O)CN[C@H]2COC3(CCN(S(=O)(=O)c4cnc5c(c4)ncn5C)CC3)C2)c1. The molecule has 1 aromatic carbocycles. The molecule has 2 atom stereocenters. The van der Waals surface area contributed by atoms with Crippen LogP contribution in [0.15, 0.2) is 52.6 Å². The second-order valence-corrected chi connectivity index (χ2v) is 14.0. The first-order chi connectivity index (χ1) is 19.0. The highest BCUT2D eigenvalue weighted by Gasteiger charge is 2.44. The number of nitrogens with zero attached hydrogens (tertiary/aromatic N) is 4. The molecule has 13 nitrogen and oxygen atoms in total. The maximum atomic E-state index is 13.3. The Labute approximate surface area is 233 Å². The van der Waals surface area contributed by atoms with Crippen molar-refractivity contribution >= 4 is 31.2 Å². The molecule has 0 aliphatic carbocycles. The molecule has 0 saturated carbocycles. The van der Waals surface area contributed by atoms with Crippen LogP contribution in [0.3, 0.4) is 0 Å². The van der Waals surface area contributed by atoms with Crippen LogP contribution in [0.5, 0.6) is 5.75 Å². The van der Waals surface area contributed by atoms with E-state index in [1.165, 1.54) is 29.7 Å². The Balaban J connectivity index is 1.09. The molecule has 1 spiro atoms. The van der Waals surface area contributed by atoms with Crippen LogP contribution in [-0.2, 0) is 31.8 Å². The van der Waals surface area contributed by atoms with Crippen LogP contribution in [0.1, 0.15) is 19.3 Å². The summed E-state index contributed by atoms with van der Waals surface area (Å²) in [5.74, 6) is 0.343. The number of piperidine rings is 1. The fraction of sp³-hybridized carbons (Fsp3) is 0.520. The van der Waals surface area contributed by atoms with Gasteiger partial charge in [-0.05, 0) is 44.5 Å². The molecule has 3 N–H and O–H groups in total. The van der Waals surface area contributed by atoms with E-state index in [-0.39, 0.29) is 29.0 Å². The van der Waals surface area contributed by atoms with Gasteiger partial charge in [0.25, 0.3) is 0 Å². The Morgan fingerprint density at radius 3 is 2.70 bits per heavy atom. The molecule has 15 heteroatoms. The molecule has 0 amide bonds. The molecule has 2 fully saturated rings. The average molecular weight is 595 g/mol. The smallest absolute Gasteiger partial charge is 0.244 e.